The molecule has 2 amide bonds. The van der Waals surface area contributed by atoms with Crippen LogP contribution in [0.5, 0.6) is 0 Å². The van der Waals surface area contributed by atoms with Crippen molar-refractivity contribution in [2.24, 2.45) is 0 Å². The van der Waals surface area contributed by atoms with Gasteiger partial charge in [-0.15, -0.1) is 11.3 Å². The zero-order valence-corrected chi connectivity index (χ0v) is 19.6. The van der Waals surface area contributed by atoms with Crippen LogP contribution < -0.4 is 5.32 Å². The number of halogens is 1. The molecule has 1 N–H and O–H groups in total. The first kappa shape index (κ1) is 21.5. The molecule has 3 heterocycles. The SMILES string of the molecule is O=C(NC1CCCCCC1)C1Cn2c(cc3sccc32)C(=O)N1CCc1ccc(Cl)cc1. The van der Waals surface area contributed by atoms with Crippen LogP contribution in [0, 0.1) is 0 Å². The topological polar surface area (TPSA) is 54.3 Å². The zero-order valence-electron chi connectivity index (χ0n) is 18.1. The van der Waals surface area contributed by atoms with Gasteiger partial charge in [-0.3, -0.25) is 9.59 Å². The van der Waals surface area contributed by atoms with Crippen molar-refractivity contribution < 1.29 is 9.59 Å². The molecule has 5 rings (SSSR count). The fourth-order valence-corrected chi connectivity index (χ4v) is 5.96. The van der Waals surface area contributed by atoms with Crippen LogP contribution in [-0.2, 0) is 17.8 Å². The number of nitrogens with one attached hydrogen (secondary N) is 1. The van der Waals surface area contributed by atoms with Gasteiger partial charge in [0, 0.05) is 17.6 Å². The highest BCUT2D eigenvalue weighted by Crippen LogP contribution is 2.30. The van der Waals surface area contributed by atoms with E-state index < -0.39 is 6.04 Å². The number of hydrogen-bond acceptors (Lipinski definition) is 3. The van der Waals surface area contributed by atoms with Gasteiger partial charge >= 0.3 is 0 Å². The maximum Gasteiger partial charge on any atom is 0.271 e. The number of fused-ring (bicyclic) bond motifs is 3. The van der Waals surface area contributed by atoms with Gasteiger partial charge in [0.15, 0.2) is 0 Å². The third-order valence-electron chi connectivity index (χ3n) is 6.79. The van der Waals surface area contributed by atoms with Crippen LogP contribution in [0.4, 0.5) is 0 Å². The van der Waals surface area contributed by atoms with Gasteiger partial charge in [0.25, 0.3) is 5.91 Å². The lowest BCUT2D eigenvalue weighted by molar-refractivity contribution is -0.127. The maximum absolute atomic E-state index is 13.5. The van der Waals surface area contributed by atoms with Crippen LogP contribution >= 0.6 is 22.9 Å². The van der Waals surface area contributed by atoms with E-state index in [0.717, 1.165) is 41.5 Å². The first-order chi connectivity index (χ1) is 15.6. The summed E-state index contributed by atoms with van der Waals surface area (Å²) in [6, 6.07) is 11.4. The number of rotatable bonds is 5. The van der Waals surface area contributed by atoms with Crippen LogP contribution in [0.2, 0.25) is 5.02 Å². The van der Waals surface area contributed by atoms with E-state index in [1.165, 1.54) is 12.8 Å². The molecule has 0 spiro atoms. The predicted molar refractivity (Wildman–Crippen MR) is 129 cm³/mol. The van der Waals surface area contributed by atoms with E-state index in [2.05, 4.69) is 5.32 Å². The Hall–Kier alpha value is -2.31. The van der Waals surface area contributed by atoms with Gasteiger partial charge in [-0.2, -0.15) is 0 Å². The number of carbonyl (C=O) groups is 2. The van der Waals surface area contributed by atoms with Gasteiger partial charge in [0.2, 0.25) is 5.91 Å². The Bertz CT molecular complexity index is 1110. The molecule has 0 saturated heterocycles. The van der Waals surface area contributed by atoms with E-state index in [1.54, 1.807) is 16.2 Å². The Kier molecular flexibility index (Phi) is 6.24. The van der Waals surface area contributed by atoms with E-state index in [0.29, 0.717) is 30.2 Å². The summed E-state index contributed by atoms with van der Waals surface area (Å²) in [7, 11) is 0. The van der Waals surface area contributed by atoms with E-state index in [4.69, 9.17) is 11.6 Å². The molecule has 5 nitrogen and oxygen atoms in total. The van der Waals surface area contributed by atoms with E-state index in [-0.39, 0.29) is 17.9 Å². The molecule has 1 saturated carbocycles. The average molecular weight is 470 g/mol. The van der Waals surface area contributed by atoms with Crippen molar-refractivity contribution in [3.8, 4) is 0 Å². The molecular weight excluding hydrogens is 442 g/mol. The monoisotopic (exact) mass is 469 g/mol. The molecule has 0 bridgehead atoms. The van der Waals surface area contributed by atoms with Crippen molar-refractivity contribution >= 4 is 45.0 Å². The van der Waals surface area contributed by atoms with E-state index >= 15 is 0 Å². The second-order valence-electron chi connectivity index (χ2n) is 8.90. The molecule has 168 valence electrons. The minimum Gasteiger partial charge on any atom is -0.352 e. The van der Waals surface area contributed by atoms with Crippen molar-refractivity contribution in [2.75, 3.05) is 6.54 Å². The summed E-state index contributed by atoms with van der Waals surface area (Å²) < 4.78 is 3.13. The molecule has 1 fully saturated rings. The number of hydrogen-bond donors (Lipinski definition) is 1. The summed E-state index contributed by atoms with van der Waals surface area (Å²) in [4.78, 5) is 28.8. The molecule has 2 aromatic heterocycles. The van der Waals surface area contributed by atoms with Crippen molar-refractivity contribution in [2.45, 2.75) is 63.6 Å². The Balaban J connectivity index is 1.40. The molecule has 1 aliphatic heterocycles. The summed E-state index contributed by atoms with van der Waals surface area (Å²) in [6.45, 7) is 1.00. The maximum atomic E-state index is 13.5. The number of thiophene rings is 1. The second kappa shape index (κ2) is 9.28. The van der Waals surface area contributed by atoms with Crippen LogP contribution in [0.15, 0.2) is 41.8 Å². The molecule has 1 aliphatic carbocycles. The predicted octanol–water partition coefficient (Wildman–Crippen LogP) is 5.26. The standard InChI is InChI=1S/C25H28ClN3O2S/c26-18-9-7-17(8-10-18)11-13-28-22(24(30)27-19-5-3-1-2-4-6-19)16-29-20-12-14-32-23(20)15-21(29)25(28)31/h7-10,12,14-15,19,22H,1-6,11,13,16H2,(H,27,30). The number of benzene rings is 1. The Morgan fingerprint density at radius 3 is 2.59 bits per heavy atom. The van der Waals surface area contributed by atoms with E-state index in [9.17, 15) is 9.59 Å². The van der Waals surface area contributed by atoms with Crippen LogP contribution in [0.25, 0.3) is 10.2 Å². The van der Waals surface area contributed by atoms with Crippen molar-refractivity contribution in [3.63, 3.8) is 0 Å². The van der Waals surface area contributed by atoms with Gasteiger partial charge in [0.05, 0.1) is 16.8 Å². The first-order valence-corrected chi connectivity index (χ1v) is 12.8. The van der Waals surface area contributed by atoms with Gasteiger partial charge in [-0.25, -0.2) is 0 Å². The number of aromatic nitrogens is 1. The lowest BCUT2D eigenvalue weighted by Crippen LogP contribution is -2.57. The highest BCUT2D eigenvalue weighted by molar-refractivity contribution is 7.17. The lowest BCUT2D eigenvalue weighted by atomic mass is 10.1. The molecular formula is C25H28ClN3O2S. The Morgan fingerprint density at radius 1 is 1.09 bits per heavy atom. The second-order valence-corrected chi connectivity index (χ2v) is 10.3. The number of amides is 2. The van der Waals surface area contributed by atoms with Gasteiger partial charge in [-0.05, 0) is 54.5 Å². The molecule has 32 heavy (non-hydrogen) atoms. The first-order valence-electron chi connectivity index (χ1n) is 11.5. The van der Waals surface area contributed by atoms with Crippen molar-refractivity contribution in [1.82, 2.24) is 14.8 Å². The van der Waals surface area contributed by atoms with Crippen LogP contribution in [0.1, 0.15) is 54.6 Å². The average Bonchev–Trinajstić information content (AvgIpc) is 3.28. The molecule has 1 atom stereocenters. The van der Waals surface area contributed by atoms with Crippen molar-refractivity contribution in [1.29, 1.82) is 0 Å². The molecule has 2 aliphatic rings. The summed E-state index contributed by atoms with van der Waals surface area (Å²) in [5.74, 6) is -0.0845. The fraction of sp³-hybridized carbons (Fsp3) is 0.440. The lowest BCUT2D eigenvalue weighted by Gasteiger charge is -2.36. The van der Waals surface area contributed by atoms with Gasteiger partial charge in [-0.1, -0.05) is 49.4 Å². The fourth-order valence-electron chi connectivity index (χ4n) is 5.01. The number of nitrogens with zero attached hydrogens (tertiary/aromatic N) is 2. The Labute approximate surface area is 197 Å². The minimum atomic E-state index is -0.499. The van der Waals surface area contributed by atoms with Crippen LogP contribution in [0.3, 0.4) is 0 Å². The largest absolute Gasteiger partial charge is 0.352 e. The molecule has 0 radical (unpaired) electrons. The molecule has 3 aromatic rings. The van der Waals surface area contributed by atoms with Gasteiger partial charge < -0.3 is 14.8 Å². The zero-order chi connectivity index (χ0) is 22.1. The van der Waals surface area contributed by atoms with Gasteiger partial charge in [0.1, 0.15) is 11.7 Å². The summed E-state index contributed by atoms with van der Waals surface area (Å²) >= 11 is 7.65. The quantitative estimate of drug-likeness (QED) is 0.518. The summed E-state index contributed by atoms with van der Waals surface area (Å²) in [6.07, 6.45) is 7.54. The summed E-state index contributed by atoms with van der Waals surface area (Å²) in [5, 5.41) is 6.02. The number of carbonyl (C=O) groups excluding carboxylic acids is 2. The summed E-state index contributed by atoms with van der Waals surface area (Å²) in [5.41, 5.74) is 2.83. The Morgan fingerprint density at radius 2 is 1.84 bits per heavy atom. The van der Waals surface area contributed by atoms with Crippen LogP contribution in [-0.4, -0.2) is 39.9 Å². The highest BCUT2D eigenvalue weighted by atomic mass is 35.5. The highest BCUT2D eigenvalue weighted by Gasteiger charge is 2.38. The molecule has 7 heteroatoms. The molecule has 1 unspecified atom stereocenters. The molecule has 1 aromatic carbocycles. The van der Waals surface area contributed by atoms with E-state index in [1.807, 2.05) is 46.3 Å². The minimum absolute atomic E-state index is 0.0240. The van der Waals surface area contributed by atoms with Crippen molar-refractivity contribution in [3.05, 3.63) is 58.1 Å². The third-order valence-corrected chi connectivity index (χ3v) is 7.90. The smallest absolute Gasteiger partial charge is 0.271 e. The normalized spacial score (nSPS) is 19.7. The third kappa shape index (κ3) is 4.30.